The van der Waals surface area contributed by atoms with Crippen LogP contribution in [0.25, 0.3) is 0 Å². The average Bonchev–Trinajstić information content (AvgIpc) is 2.93. The first kappa shape index (κ1) is 25.9. The molecule has 3 saturated heterocycles. The van der Waals surface area contributed by atoms with Crippen LogP contribution >= 0.6 is 0 Å². The van der Waals surface area contributed by atoms with Crippen molar-refractivity contribution in [3.05, 3.63) is 48.0 Å². The molecule has 3 fully saturated rings. The van der Waals surface area contributed by atoms with Crippen molar-refractivity contribution in [2.75, 3.05) is 93.5 Å². The molecule has 8 nitrogen and oxygen atoms in total. The van der Waals surface area contributed by atoms with Gasteiger partial charge in [0.1, 0.15) is 0 Å². The van der Waals surface area contributed by atoms with Crippen LogP contribution in [0.1, 0.15) is 29.6 Å². The van der Waals surface area contributed by atoms with Crippen molar-refractivity contribution in [3.63, 3.8) is 0 Å². The molecule has 0 bridgehead atoms. The first-order chi connectivity index (χ1) is 17.8. The van der Waals surface area contributed by atoms with Crippen LogP contribution in [-0.4, -0.2) is 103 Å². The maximum absolute atomic E-state index is 13.8. The summed E-state index contributed by atoms with van der Waals surface area (Å²) in [4.78, 5) is 25.0. The summed E-state index contributed by atoms with van der Waals surface area (Å²) >= 11 is 0. The maximum atomic E-state index is 13.8. The van der Waals surface area contributed by atoms with E-state index in [1.807, 2.05) is 29.2 Å². The van der Waals surface area contributed by atoms with E-state index in [1.54, 1.807) is 6.07 Å². The molecule has 0 atom stereocenters. The van der Waals surface area contributed by atoms with E-state index in [0.29, 0.717) is 5.56 Å². The maximum Gasteiger partial charge on any atom is 0.256 e. The van der Waals surface area contributed by atoms with Gasteiger partial charge in [-0.2, -0.15) is 0 Å². The lowest BCUT2D eigenvalue weighted by atomic mass is 10.0. The van der Waals surface area contributed by atoms with Crippen molar-refractivity contribution in [2.24, 2.45) is 0 Å². The second kappa shape index (κ2) is 10.9. The molecule has 2 aromatic carbocycles. The minimum absolute atomic E-state index is 0.0426. The molecular weight excluding hydrogens is 486 g/mol. The monoisotopic (exact) mass is 525 g/mol. The van der Waals surface area contributed by atoms with E-state index in [0.717, 1.165) is 96.1 Å². The molecule has 37 heavy (non-hydrogen) atoms. The molecule has 3 aliphatic rings. The molecule has 200 valence electrons. The van der Waals surface area contributed by atoms with Crippen molar-refractivity contribution in [2.45, 2.75) is 24.2 Å². The Morgan fingerprint density at radius 2 is 1.27 bits per heavy atom. The summed E-state index contributed by atoms with van der Waals surface area (Å²) in [6.07, 6.45) is 4.39. The number of anilines is 3. The van der Waals surface area contributed by atoms with Gasteiger partial charge in [0.2, 0.25) is 0 Å². The van der Waals surface area contributed by atoms with Gasteiger partial charge in [-0.3, -0.25) is 4.79 Å². The van der Waals surface area contributed by atoms with Gasteiger partial charge in [-0.05, 0) is 50.6 Å². The van der Waals surface area contributed by atoms with E-state index in [1.165, 1.54) is 11.9 Å². The van der Waals surface area contributed by atoms with Crippen LogP contribution in [0.4, 0.5) is 17.1 Å². The van der Waals surface area contributed by atoms with Crippen LogP contribution in [0.2, 0.25) is 0 Å². The van der Waals surface area contributed by atoms with Crippen molar-refractivity contribution < 1.29 is 13.2 Å². The number of piperidine rings is 1. The van der Waals surface area contributed by atoms with Gasteiger partial charge in [0.25, 0.3) is 5.91 Å². The largest absolute Gasteiger partial charge is 0.368 e. The Labute approximate surface area is 221 Å². The normalized spacial score (nSPS) is 19.8. The fourth-order valence-corrected chi connectivity index (χ4v) is 6.59. The fourth-order valence-electron chi connectivity index (χ4n) is 5.69. The molecule has 0 spiro atoms. The number of hydrogen-bond donors (Lipinski definition) is 0. The minimum atomic E-state index is -3.54. The summed E-state index contributed by atoms with van der Waals surface area (Å²) in [7, 11) is -1.43. The quantitative estimate of drug-likeness (QED) is 0.595. The highest BCUT2D eigenvalue weighted by Crippen LogP contribution is 2.36. The summed E-state index contributed by atoms with van der Waals surface area (Å²) < 4.78 is 26.2. The van der Waals surface area contributed by atoms with E-state index in [9.17, 15) is 13.2 Å². The second-order valence-corrected chi connectivity index (χ2v) is 12.5. The summed E-state index contributed by atoms with van der Waals surface area (Å²) in [6, 6.07) is 14.0. The van der Waals surface area contributed by atoms with Crippen LogP contribution in [0.3, 0.4) is 0 Å². The number of nitrogens with zero attached hydrogens (tertiary/aromatic N) is 5. The third-order valence-electron chi connectivity index (χ3n) is 7.94. The van der Waals surface area contributed by atoms with Crippen molar-refractivity contribution >= 4 is 32.8 Å². The molecule has 1 amide bonds. The molecule has 5 rings (SSSR count). The van der Waals surface area contributed by atoms with Crippen LogP contribution < -0.4 is 14.7 Å². The molecule has 0 saturated carbocycles. The highest BCUT2D eigenvalue weighted by Gasteiger charge is 2.30. The SMILES string of the molecule is CN1CCN(c2cc(N3CCN(c4ccccc4)CC3)c(S(C)(=O)=O)cc2C(=O)N2CCCCC2)CC1. The Bertz CT molecular complexity index is 1200. The van der Waals surface area contributed by atoms with Gasteiger partial charge >= 0.3 is 0 Å². The molecule has 3 heterocycles. The van der Waals surface area contributed by atoms with E-state index in [-0.39, 0.29) is 10.8 Å². The van der Waals surface area contributed by atoms with Gasteiger partial charge in [-0.1, -0.05) is 18.2 Å². The van der Waals surface area contributed by atoms with E-state index >= 15 is 0 Å². The van der Waals surface area contributed by atoms with Gasteiger partial charge in [0.15, 0.2) is 9.84 Å². The average molecular weight is 526 g/mol. The molecule has 0 aromatic heterocycles. The lowest BCUT2D eigenvalue weighted by molar-refractivity contribution is 0.0724. The van der Waals surface area contributed by atoms with Crippen molar-refractivity contribution in [3.8, 4) is 0 Å². The number of amides is 1. The highest BCUT2D eigenvalue weighted by atomic mass is 32.2. The first-order valence-corrected chi connectivity index (χ1v) is 15.4. The Morgan fingerprint density at radius 3 is 1.89 bits per heavy atom. The third kappa shape index (κ3) is 5.72. The van der Waals surface area contributed by atoms with Crippen LogP contribution in [-0.2, 0) is 9.84 Å². The number of piperazine rings is 2. The summed E-state index contributed by atoms with van der Waals surface area (Å²) in [6.45, 7) is 7.99. The van der Waals surface area contributed by atoms with Crippen LogP contribution in [0, 0.1) is 0 Å². The fraction of sp³-hybridized carbons (Fsp3) is 0.536. The second-order valence-electron chi connectivity index (χ2n) is 10.6. The lowest BCUT2D eigenvalue weighted by Gasteiger charge is -2.40. The predicted molar refractivity (Wildman–Crippen MR) is 150 cm³/mol. The number of benzene rings is 2. The van der Waals surface area contributed by atoms with Gasteiger partial charge in [0, 0.05) is 77.4 Å². The summed E-state index contributed by atoms with van der Waals surface area (Å²) in [5, 5.41) is 0. The number of hydrogen-bond acceptors (Lipinski definition) is 7. The van der Waals surface area contributed by atoms with Gasteiger partial charge in [0.05, 0.1) is 21.8 Å². The minimum Gasteiger partial charge on any atom is -0.368 e. The number of likely N-dealkylation sites (tertiary alicyclic amines) is 1. The Balaban J connectivity index is 1.51. The molecule has 2 aromatic rings. The predicted octanol–water partition coefficient (Wildman–Crippen LogP) is 2.79. The zero-order chi connectivity index (χ0) is 26.0. The molecule has 9 heteroatoms. The zero-order valence-electron chi connectivity index (χ0n) is 22.1. The Morgan fingerprint density at radius 1 is 0.703 bits per heavy atom. The smallest absolute Gasteiger partial charge is 0.256 e. The molecule has 0 N–H and O–H groups in total. The summed E-state index contributed by atoms with van der Waals surface area (Å²) in [5.74, 6) is -0.0426. The number of carbonyl (C=O) groups is 1. The van der Waals surface area contributed by atoms with E-state index in [4.69, 9.17) is 0 Å². The summed E-state index contributed by atoms with van der Waals surface area (Å²) in [5.41, 5.74) is 3.31. The molecule has 0 aliphatic carbocycles. The molecular formula is C28H39N5O3S. The van der Waals surface area contributed by atoms with Crippen LogP contribution in [0.5, 0.6) is 0 Å². The lowest BCUT2D eigenvalue weighted by Crippen LogP contribution is -2.47. The molecule has 3 aliphatic heterocycles. The highest BCUT2D eigenvalue weighted by molar-refractivity contribution is 7.90. The molecule has 0 unspecified atom stereocenters. The number of likely N-dealkylation sites (N-methyl/N-ethyl adjacent to an activating group) is 1. The zero-order valence-corrected chi connectivity index (χ0v) is 22.9. The van der Waals surface area contributed by atoms with Gasteiger partial charge in [-0.15, -0.1) is 0 Å². The number of sulfone groups is 1. The van der Waals surface area contributed by atoms with E-state index in [2.05, 4.69) is 38.8 Å². The Hall–Kier alpha value is -2.78. The molecule has 0 radical (unpaired) electrons. The topological polar surface area (TPSA) is 67.4 Å². The number of rotatable bonds is 5. The Kier molecular flexibility index (Phi) is 7.62. The first-order valence-electron chi connectivity index (χ1n) is 13.5. The van der Waals surface area contributed by atoms with Crippen molar-refractivity contribution in [1.82, 2.24) is 9.80 Å². The van der Waals surface area contributed by atoms with E-state index < -0.39 is 9.84 Å². The van der Waals surface area contributed by atoms with Crippen LogP contribution in [0.15, 0.2) is 47.4 Å². The number of carbonyl (C=O) groups excluding carboxylic acids is 1. The van der Waals surface area contributed by atoms with Gasteiger partial charge in [-0.25, -0.2) is 8.42 Å². The number of para-hydroxylation sites is 1. The third-order valence-corrected chi connectivity index (χ3v) is 9.06. The van der Waals surface area contributed by atoms with Crippen molar-refractivity contribution in [1.29, 1.82) is 0 Å². The standard InChI is InChI=1S/C28H39N5O3S/c1-29-13-15-31(16-14-29)25-22-26(32-19-17-30(18-20-32)23-9-5-3-6-10-23)27(37(2,35)36)21-24(25)28(34)33-11-7-4-8-12-33/h3,5-6,9-10,21-22H,4,7-8,11-20H2,1-2H3. The van der Waals surface area contributed by atoms with Gasteiger partial charge < -0.3 is 24.5 Å².